The van der Waals surface area contributed by atoms with Gasteiger partial charge in [0.15, 0.2) is 9.84 Å². The molecule has 0 radical (unpaired) electrons. The second kappa shape index (κ2) is 5.63. The minimum absolute atomic E-state index is 0.0914. The van der Waals surface area contributed by atoms with Gasteiger partial charge in [0.2, 0.25) is 5.91 Å². The monoisotopic (exact) mass is 271 g/mol. The van der Waals surface area contributed by atoms with E-state index in [4.69, 9.17) is 5.11 Å². The zero-order valence-electron chi connectivity index (χ0n) is 9.71. The lowest BCUT2D eigenvalue weighted by atomic mass is 10.2. The van der Waals surface area contributed by atoms with Gasteiger partial charge in [-0.05, 0) is 18.2 Å². The molecule has 0 aliphatic rings. The van der Waals surface area contributed by atoms with E-state index in [-0.39, 0.29) is 28.5 Å². The smallest absolute Gasteiger partial charge is 0.335 e. The van der Waals surface area contributed by atoms with Crippen LogP contribution in [0.1, 0.15) is 16.8 Å². The zero-order valence-corrected chi connectivity index (χ0v) is 10.5. The van der Waals surface area contributed by atoms with Crippen molar-refractivity contribution in [2.24, 2.45) is 0 Å². The van der Waals surface area contributed by atoms with Gasteiger partial charge in [0.05, 0.1) is 16.2 Å². The average Bonchev–Trinajstić information content (AvgIpc) is 2.36. The third kappa shape index (κ3) is 3.56. The van der Waals surface area contributed by atoms with Crippen LogP contribution < -0.4 is 5.32 Å². The van der Waals surface area contributed by atoms with Gasteiger partial charge < -0.3 is 10.4 Å². The maximum Gasteiger partial charge on any atom is 0.335 e. The Morgan fingerprint density at radius 1 is 1.33 bits per heavy atom. The first-order valence-electron chi connectivity index (χ1n) is 5.13. The minimum Gasteiger partial charge on any atom is -0.478 e. The van der Waals surface area contributed by atoms with Gasteiger partial charge in [-0.2, -0.15) is 0 Å². The first-order valence-corrected chi connectivity index (χ1v) is 6.79. The molecule has 2 N–H and O–H groups in total. The van der Waals surface area contributed by atoms with Gasteiger partial charge in [-0.15, -0.1) is 0 Å². The molecule has 0 unspecified atom stereocenters. The first kappa shape index (κ1) is 14.2. The van der Waals surface area contributed by atoms with Crippen molar-refractivity contribution in [3.63, 3.8) is 0 Å². The summed E-state index contributed by atoms with van der Waals surface area (Å²) in [5.74, 6) is -1.93. The molecule has 0 fully saturated rings. The summed E-state index contributed by atoms with van der Waals surface area (Å²) in [7, 11) is -2.23. The summed E-state index contributed by atoms with van der Waals surface area (Å²) in [6.45, 7) is 0. The van der Waals surface area contributed by atoms with E-state index in [0.29, 0.717) is 0 Å². The lowest BCUT2D eigenvalue weighted by molar-refractivity contribution is -0.120. The van der Waals surface area contributed by atoms with Crippen molar-refractivity contribution in [1.82, 2.24) is 5.32 Å². The Bertz CT molecular complexity index is 565. The number of rotatable bonds is 5. The SMILES string of the molecule is CNC(=O)CCS(=O)(=O)c1cccc(C(=O)O)c1. The Hall–Kier alpha value is -1.89. The van der Waals surface area contributed by atoms with E-state index in [1.165, 1.54) is 25.2 Å². The Balaban J connectivity index is 2.95. The molecule has 18 heavy (non-hydrogen) atoms. The molecule has 7 heteroatoms. The van der Waals surface area contributed by atoms with Crippen LogP contribution in [0.2, 0.25) is 0 Å². The predicted molar refractivity (Wildman–Crippen MR) is 64.1 cm³/mol. The molecule has 0 aliphatic carbocycles. The number of carbonyl (C=O) groups excluding carboxylic acids is 1. The molecule has 0 atom stereocenters. The van der Waals surface area contributed by atoms with Gasteiger partial charge in [0, 0.05) is 13.5 Å². The summed E-state index contributed by atoms with van der Waals surface area (Å²) < 4.78 is 23.7. The van der Waals surface area contributed by atoms with Crippen LogP contribution in [0.5, 0.6) is 0 Å². The van der Waals surface area contributed by atoms with Crippen LogP contribution in [0.4, 0.5) is 0 Å². The molecule has 0 heterocycles. The average molecular weight is 271 g/mol. The van der Waals surface area contributed by atoms with Crippen LogP contribution in [-0.2, 0) is 14.6 Å². The zero-order chi connectivity index (χ0) is 13.8. The highest BCUT2D eigenvalue weighted by Crippen LogP contribution is 2.14. The highest BCUT2D eigenvalue weighted by Gasteiger charge is 2.17. The molecule has 6 nitrogen and oxygen atoms in total. The third-order valence-corrected chi connectivity index (χ3v) is 4.03. The van der Waals surface area contributed by atoms with Crippen LogP contribution in [0.25, 0.3) is 0 Å². The van der Waals surface area contributed by atoms with E-state index in [1.54, 1.807) is 0 Å². The molecule has 1 aromatic carbocycles. The molecular weight excluding hydrogens is 258 g/mol. The van der Waals surface area contributed by atoms with Gasteiger partial charge in [-0.25, -0.2) is 13.2 Å². The summed E-state index contributed by atoms with van der Waals surface area (Å²) >= 11 is 0. The summed E-state index contributed by atoms with van der Waals surface area (Å²) in [5.41, 5.74) is -0.101. The molecule has 1 aromatic rings. The van der Waals surface area contributed by atoms with Gasteiger partial charge in [0.1, 0.15) is 0 Å². The summed E-state index contributed by atoms with van der Waals surface area (Å²) in [5, 5.41) is 11.1. The molecule has 98 valence electrons. The first-order chi connectivity index (χ1) is 8.36. The number of amides is 1. The predicted octanol–water partition coefficient (Wildman–Crippen LogP) is 0.295. The van der Waals surface area contributed by atoms with Gasteiger partial charge in [-0.1, -0.05) is 6.07 Å². The van der Waals surface area contributed by atoms with Crippen molar-refractivity contribution in [3.8, 4) is 0 Å². The van der Waals surface area contributed by atoms with E-state index in [1.807, 2.05) is 0 Å². The Labute approximate surface area is 105 Å². The number of aromatic carboxylic acids is 1. The number of sulfone groups is 1. The Kier molecular flexibility index (Phi) is 4.43. The van der Waals surface area contributed by atoms with Crippen molar-refractivity contribution < 1.29 is 23.1 Å². The fourth-order valence-electron chi connectivity index (χ4n) is 1.29. The van der Waals surface area contributed by atoms with Crippen molar-refractivity contribution in [2.45, 2.75) is 11.3 Å². The van der Waals surface area contributed by atoms with Crippen LogP contribution in [0.15, 0.2) is 29.2 Å². The number of hydrogen-bond acceptors (Lipinski definition) is 4. The lowest BCUT2D eigenvalue weighted by Gasteiger charge is -2.04. The molecular formula is C11H13NO5S. The molecule has 0 saturated heterocycles. The van der Waals surface area contributed by atoms with Crippen molar-refractivity contribution in [1.29, 1.82) is 0 Å². The Morgan fingerprint density at radius 2 is 2.00 bits per heavy atom. The van der Waals surface area contributed by atoms with E-state index in [0.717, 1.165) is 6.07 Å². The van der Waals surface area contributed by atoms with Gasteiger partial charge in [-0.3, -0.25) is 4.79 Å². The van der Waals surface area contributed by atoms with E-state index in [9.17, 15) is 18.0 Å². The largest absolute Gasteiger partial charge is 0.478 e. The van der Waals surface area contributed by atoms with Gasteiger partial charge >= 0.3 is 5.97 Å². The van der Waals surface area contributed by atoms with Crippen LogP contribution in [-0.4, -0.2) is 38.2 Å². The summed E-state index contributed by atoms with van der Waals surface area (Å²) in [4.78, 5) is 21.6. The molecule has 0 saturated carbocycles. The van der Waals surface area contributed by atoms with Crippen LogP contribution >= 0.6 is 0 Å². The maximum atomic E-state index is 11.9. The maximum absolute atomic E-state index is 11.9. The quantitative estimate of drug-likeness (QED) is 0.802. The number of hydrogen-bond donors (Lipinski definition) is 2. The highest BCUT2D eigenvalue weighted by atomic mass is 32.2. The number of benzene rings is 1. The summed E-state index contributed by atoms with van der Waals surface area (Å²) in [6.07, 6.45) is -0.157. The molecule has 0 spiro atoms. The Morgan fingerprint density at radius 3 is 2.56 bits per heavy atom. The van der Waals surface area contributed by atoms with E-state index >= 15 is 0 Å². The fraction of sp³-hybridized carbons (Fsp3) is 0.273. The van der Waals surface area contributed by atoms with Crippen molar-refractivity contribution >= 4 is 21.7 Å². The molecule has 1 rings (SSSR count). The molecule has 0 bridgehead atoms. The molecule has 0 aromatic heterocycles. The lowest BCUT2D eigenvalue weighted by Crippen LogP contribution is -2.21. The minimum atomic E-state index is -3.65. The van der Waals surface area contributed by atoms with Crippen molar-refractivity contribution in [2.75, 3.05) is 12.8 Å². The number of carboxylic acid groups (broad SMARTS) is 1. The van der Waals surface area contributed by atoms with Gasteiger partial charge in [0.25, 0.3) is 0 Å². The van der Waals surface area contributed by atoms with Crippen LogP contribution in [0, 0.1) is 0 Å². The van der Waals surface area contributed by atoms with E-state index in [2.05, 4.69) is 5.32 Å². The highest BCUT2D eigenvalue weighted by molar-refractivity contribution is 7.91. The number of nitrogens with one attached hydrogen (secondary N) is 1. The molecule has 1 amide bonds. The standard InChI is InChI=1S/C11H13NO5S/c1-12-10(13)5-6-18(16,17)9-4-2-3-8(7-9)11(14)15/h2-4,7H,5-6H2,1H3,(H,12,13)(H,14,15). The topological polar surface area (TPSA) is 101 Å². The van der Waals surface area contributed by atoms with E-state index < -0.39 is 15.8 Å². The number of carboxylic acids is 1. The van der Waals surface area contributed by atoms with Crippen LogP contribution in [0.3, 0.4) is 0 Å². The third-order valence-electron chi connectivity index (χ3n) is 2.32. The summed E-state index contributed by atoms with van der Waals surface area (Å²) in [6, 6.07) is 5.06. The second-order valence-corrected chi connectivity index (χ2v) is 5.68. The van der Waals surface area contributed by atoms with Crippen molar-refractivity contribution in [3.05, 3.63) is 29.8 Å². The second-order valence-electron chi connectivity index (χ2n) is 3.58. The molecule has 0 aliphatic heterocycles. The number of carbonyl (C=O) groups is 2. The normalized spacial score (nSPS) is 10.9. The fourth-order valence-corrected chi connectivity index (χ4v) is 2.57.